The summed E-state index contributed by atoms with van der Waals surface area (Å²) in [6.45, 7) is 4.95. The largest absolute Gasteiger partial charge is 0.490 e. The summed E-state index contributed by atoms with van der Waals surface area (Å²) in [6, 6.07) is 0. The number of alkyl halides is 3. The van der Waals surface area contributed by atoms with Gasteiger partial charge in [-0.3, -0.25) is 0 Å². The number of carbonyl (C=O) groups excluding carboxylic acids is 2. The molecule has 1 rings (SSSR count). The molecular formula is C12H15F3O4. The number of carbonyl (C=O) groups is 2. The van der Waals surface area contributed by atoms with E-state index in [4.69, 9.17) is 4.74 Å². The van der Waals surface area contributed by atoms with Gasteiger partial charge in [0.1, 0.15) is 12.2 Å². The van der Waals surface area contributed by atoms with Gasteiger partial charge in [-0.2, -0.15) is 13.2 Å². The fraction of sp³-hybridized carbons (Fsp3) is 0.667. The Bertz CT molecular complexity index is 368. The van der Waals surface area contributed by atoms with Crippen molar-refractivity contribution in [3.8, 4) is 0 Å². The van der Waals surface area contributed by atoms with Gasteiger partial charge in [-0.05, 0) is 32.6 Å². The van der Waals surface area contributed by atoms with Crippen LogP contribution in [0, 0.1) is 0 Å². The molecule has 0 aromatic heterocycles. The van der Waals surface area contributed by atoms with Crippen molar-refractivity contribution >= 4 is 11.9 Å². The van der Waals surface area contributed by atoms with Crippen molar-refractivity contribution in [1.29, 1.82) is 0 Å². The van der Waals surface area contributed by atoms with Gasteiger partial charge in [0.15, 0.2) is 0 Å². The maximum atomic E-state index is 12.0. The van der Waals surface area contributed by atoms with Crippen molar-refractivity contribution in [3.05, 3.63) is 12.2 Å². The first kappa shape index (κ1) is 15.5. The van der Waals surface area contributed by atoms with Gasteiger partial charge in [0.2, 0.25) is 0 Å². The first-order valence-corrected chi connectivity index (χ1v) is 5.84. The fourth-order valence-corrected chi connectivity index (χ4v) is 1.74. The van der Waals surface area contributed by atoms with Crippen molar-refractivity contribution in [3.63, 3.8) is 0 Å². The molecule has 1 aliphatic rings. The predicted octanol–water partition coefficient (Wildman–Crippen LogP) is 2.52. The Morgan fingerprint density at radius 2 is 1.47 bits per heavy atom. The van der Waals surface area contributed by atoms with Crippen LogP contribution in [-0.2, 0) is 19.1 Å². The van der Waals surface area contributed by atoms with Crippen LogP contribution in [0.4, 0.5) is 13.2 Å². The molecule has 4 nitrogen and oxygen atoms in total. The zero-order valence-electron chi connectivity index (χ0n) is 10.5. The molecule has 0 bridgehead atoms. The first-order chi connectivity index (χ1) is 8.70. The third-order valence-electron chi connectivity index (χ3n) is 2.75. The average molecular weight is 280 g/mol. The lowest BCUT2D eigenvalue weighted by Gasteiger charge is -2.28. The van der Waals surface area contributed by atoms with Crippen molar-refractivity contribution in [1.82, 2.24) is 0 Å². The minimum atomic E-state index is -4.97. The average Bonchev–Trinajstić information content (AvgIpc) is 2.30. The van der Waals surface area contributed by atoms with Crippen LogP contribution in [0.25, 0.3) is 0 Å². The summed E-state index contributed by atoms with van der Waals surface area (Å²) >= 11 is 0. The second-order valence-corrected chi connectivity index (χ2v) is 4.49. The van der Waals surface area contributed by atoms with E-state index >= 15 is 0 Å². The number of ether oxygens (including phenoxy) is 2. The standard InChI is InChI=1S/C12H15F3O4/c1-7(2)10(16)18-8-3-5-9(6-4-8)19-11(17)12(13,14)15/h8-9H,1,3-6H2,2H3. The van der Waals surface area contributed by atoms with Crippen LogP contribution >= 0.6 is 0 Å². The van der Waals surface area contributed by atoms with Crippen LogP contribution in [0.2, 0.25) is 0 Å². The topological polar surface area (TPSA) is 52.6 Å². The highest BCUT2D eigenvalue weighted by atomic mass is 19.4. The van der Waals surface area contributed by atoms with Gasteiger partial charge in [-0.15, -0.1) is 0 Å². The van der Waals surface area contributed by atoms with Gasteiger partial charge in [0.25, 0.3) is 0 Å². The van der Waals surface area contributed by atoms with Crippen LogP contribution in [-0.4, -0.2) is 30.3 Å². The molecule has 108 valence electrons. The Hall–Kier alpha value is -1.53. The Morgan fingerprint density at radius 3 is 1.84 bits per heavy atom. The lowest BCUT2D eigenvalue weighted by Crippen LogP contribution is -2.34. The fourth-order valence-electron chi connectivity index (χ4n) is 1.74. The quantitative estimate of drug-likeness (QED) is 0.589. The zero-order valence-corrected chi connectivity index (χ0v) is 10.5. The lowest BCUT2D eigenvalue weighted by atomic mass is 9.95. The molecule has 0 saturated heterocycles. The van der Waals surface area contributed by atoms with Crippen LogP contribution in [0.5, 0.6) is 0 Å². The van der Waals surface area contributed by atoms with E-state index in [1.807, 2.05) is 0 Å². The first-order valence-electron chi connectivity index (χ1n) is 5.84. The van der Waals surface area contributed by atoms with Gasteiger partial charge in [-0.25, -0.2) is 9.59 Å². The number of halogens is 3. The summed E-state index contributed by atoms with van der Waals surface area (Å²) in [5.74, 6) is -2.69. The van der Waals surface area contributed by atoms with E-state index in [0.717, 1.165) is 0 Å². The molecule has 19 heavy (non-hydrogen) atoms. The highest BCUT2D eigenvalue weighted by Gasteiger charge is 2.42. The minimum absolute atomic E-state index is 0.246. The number of hydrogen-bond donors (Lipinski definition) is 0. The van der Waals surface area contributed by atoms with Crippen LogP contribution in [0.3, 0.4) is 0 Å². The molecule has 0 amide bonds. The van der Waals surface area contributed by atoms with E-state index in [2.05, 4.69) is 11.3 Å². The molecule has 0 unspecified atom stereocenters. The van der Waals surface area contributed by atoms with E-state index < -0.39 is 24.2 Å². The molecule has 0 aromatic carbocycles. The Kier molecular flexibility index (Phi) is 4.97. The molecule has 0 radical (unpaired) electrons. The highest BCUT2D eigenvalue weighted by Crippen LogP contribution is 2.26. The molecule has 0 aliphatic heterocycles. The molecule has 1 saturated carbocycles. The third-order valence-corrected chi connectivity index (χ3v) is 2.75. The summed E-state index contributed by atoms with van der Waals surface area (Å²) in [5.41, 5.74) is 0.269. The Morgan fingerprint density at radius 1 is 1.05 bits per heavy atom. The molecule has 0 aromatic rings. The van der Waals surface area contributed by atoms with Gasteiger partial charge in [-0.1, -0.05) is 6.58 Å². The lowest BCUT2D eigenvalue weighted by molar-refractivity contribution is -0.207. The normalized spacial score (nSPS) is 23.6. The molecule has 0 N–H and O–H groups in total. The molecule has 1 fully saturated rings. The molecule has 0 atom stereocenters. The van der Waals surface area contributed by atoms with E-state index in [9.17, 15) is 22.8 Å². The van der Waals surface area contributed by atoms with E-state index in [0.29, 0.717) is 12.8 Å². The molecular weight excluding hydrogens is 265 g/mol. The molecule has 0 spiro atoms. The second kappa shape index (κ2) is 6.08. The summed E-state index contributed by atoms with van der Waals surface area (Å²) in [6.07, 6.45) is -4.86. The van der Waals surface area contributed by atoms with Crippen molar-refractivity contribution < 1.29 is 32.2 Å². The molecule has 0 heterocycles. The van der Waals surface area contributed by atoms with Crippen LogP contribution in [0.15, 0.2) is 12.2 Å². The van der Waals surface area contributed by atoms with Gasteiger partial charge in [0, 0.05) is 5.57 Å². The molecule has 7 heteroatoms. The minimum Gasteiger partial charge on any atom is -0.459 e. The monoisotopic (exact) mass is 280 g/mol. The summed E-state index contributed by atoms with van der Waals surface area (Å²) in [4.78, 5) is 21.9. The van der Waals surface area contributed by atoms with Gasteiger partial charge in [0.05, 0.1) is 0 Å². The number of rotatable bonds is 3. The highest BCUT2D eigenvalue weighted by molar-refractivity contribution is 5.87. The van der Waals surface area contributed by atoms with Crippen molar-refractivity contribution in [2.24, 2.45) is 0 Å². The third kappa shape index (κ3) is 4.92. The second-order valence-electron chi connectivity index (χ2n) is 4.49. The van der Waals surface area contributed by atoms with Crippen molar-refractivity contribution in [2.45, 2.75) is 51.0 Å². The summed E-state index contributed by atoms with van der Waals surface area (Å²) < 4.78 is 45.4. The van der Waals surface area contributed by atoms with Gasteiger partial charge < -0.3 is 9.47 Å². The summed E-state index contributed by atoms with van der Waals surface area (Å²) in [5, 5.41) is 0. The van der Waals surface area contributed by atoms with E-state index in [1.54, 1.807) is 0 Å². The Labute approximate surface area is 108 Å². The maximum Gasteiger partial charge on any atom is 0.490 e. The number of esters is 2. The predicted molar refractivity (Wildman–Crippen MR) is 59.1 cm³/mol. The zero-order chi connectivity index (χ0) is 14.6. The maximum absolute atomic E-state index is 12.0. The van der Waals surface area contributed by atoms with E-state index in [1.165, 1.54) is 6.92 Å². The van der Waals surface area contributed by atoms with Crippen LogP contribution in [0.1, 0.15) is 32.6 Å². The number of hydrogen-bond acceptors (Lipinski definition) is 4. The SMILES string of the molecule is C=C(C)C(=O)OC1CCC(OC(=O)C(F)(F)F)CC1. The molecule has 1 aliphatic carbocycles. The smallest absolute Gasteiger partial charge is 0.459 e. The van der Waals surface area contributed by atoms with Gasteiger partial charge >= 0.3 is 18.1 Å². The summed E-state index contributed by atoms with van der Waals surface area (Å²) in [7, 11) is 0. The van der Waals surface area contributed by atoms with E-state index in [-0.39, 0.29) is 24.5 Å². The van der Waals surface area contributed by atoms with Crippen LogP contribution < -0.4 is 0 Å². The van der Waals surface area contributed by atoms with Crippen molar-refractivity contribution in [2.75, 3.05) is 0 Å². The Balaban J connectivity index is 2.35.